The molecule has 0 aliphatic rings. The average molecular weight is 201 g/mol. The Morgan fingerprint density at radius 3 is 2.64 bits per heavy atom. The highest BCUT2D eigenvalue weighted by atomic mass is 16.5. The number of carbonyl (C=O) groups excluding carboxylic acids is 1. The standard InChI is InChI=1S/C9H15NO4/c1-3-5-10(6-9(12)13)8(11)7-14-4-2/h3H,1,4-7H2,2H3,(H,12,13). The molecule has 0 saturated heterocycles. The van der Waals surface area contributed by atoms with Gasteiger partial charge in [0.05, 0.1) is 0 Å². The summed E-state index contributed by atoms with van der Waals surface area (Å²) in [5, 5.41) is 8.52. The van der Waals surface area contributed by atoms with Gasteiger partial charge < -0.3 is 14.7 Å². The number of nitrogens with zero attached hydrogens (tertiary/aromatic N) is 1. The van der Waals surface area contributed by atoms with Gasteiger partial charge in [-0.25, -0.2) is 0 Å². The fourth-order valence-corrected chi connectivity index (χ4v) is 0.854. The molecular weight excluding hydrogens is 186 g/mol. The molecule has 0 saturated carbocycles. The van der Waals surface area contributed by atoms with Gasteiger partial charge >= 0.3 is 5.97 Å². The lowest BCUT2D eigenvalue weighted by Gasteiger charge is -2.18. The fraction of sp³-hybridized carbons (Fsp3) is 0.556. The minimum absolute atomic E-state index is 0.0857. The highest BCUT2D eigenvalue weighted by molar-refractivity contribution is 5.82. The number of carboxylic acid groups (broad SMARTS) is 1. The Labute approximate surface area is 83.0 Å². The van der Waals surface area contributed by atoms with E-state index in [9.17, 15) is 9.59 Å². The second kappa shape index (κ2) is 7.08. The maximum absolute atomic E-state index is 11.3. The molecule has 0 aromatic heterocycles. The molecule has 80 valence electrons. The molecular formula is C9H15NO4. The highest BCUT2D eigenvalue weighted by Gasteiger charge is 2.14. The van der Waals surface area contributed by atoms with Crippen LogP contribution in [0.3, 0.4) is 0 Å². The van der Waals surface area contributed by atoms with Gasteiger partial charge in [-0.2, -0.15) is 0 Å². The monoisotopic (exact) mass is 201 g/mol. The molecule has 14 heavy (non-hydrogen) atoms. The van der Waals surface area contributed by atoms with E-state index in [4.69, 9.17) is 9.84 Å². The first-order chi connectivity index (χ1) is 6.61. The molecule has 1 amide bonds. The summed E-state index contributed by atoms with van der Waals surface area (Å²) in [6, 6.07) is 0. The SMILES string of the molecule is C=CCN(CC(=O)O)C(=O)COCC. The summed E-state index contributed by atoms with van der Waals surface area (Å²) in [4.78, 5) is 22.9. The number of hydrogen-bond donors (Lipinski definition) is 1. The third-order valence-corrected chi connectivity index (χ3v) is 1.46. The van der Waals surface area contributed by atoms with Crippen molar-refractivity contribution in [3.8, 4) is 0 Å². The fourth-order valence-electron chi connectivity index (χ4n) is 0.854. The zero-order valence-electron chi connectivity index (χ0n) is 8.23. The van der Waals surface area contributed by atoms with Gasteiger partial charge in [0.2, 0.25) is 5.91 Å². The van der Waals surface area contributed by atoms with E-state index in [1.165, 1.54) is 11.0 Å². The molecule has 5 heteroatoms. The van der Waals surface area contributed by atoms with Gasteiger partial charge in [-0.15, -0.1) is 6.58 Å². The van der Waals surface area contributed by atoms with Crippen molar-refractivity contribution in [3.05, 3.63) is 12.7 Å². The topological polar surface area (TPSA) is 66.8 Å². The number of ether oxygens (including phenoxy) is 1. The van der Waals surface area contributed by atoms with Gasteiger partial charge in [-0.05, 0) is 6.92 Å². The van der Waals surface area contributed by atoms with Crippen molar-refractivity contribution in [2.24, 2.45) is 0 Å². The summed E-state index contributed by atoms with van der Waals surface area (Å²) in [5.74, 6) is -1.38. The van der Waals surface area contributed by atoms with E-state index in [0.29, 0.717) is 6.61 Å². The second-order valence-electron chi connectivity index (χ2n) is 2.59. The lowest BCUT2D eigenvalue weighted by atomic mass is 10.4. The maximum atomic E-state index is 11.3. The number of carboxylic acids is 1. The van der Waals surface area contributed by atoms with Crippen molar-refractivity contribution in [1.82, 2.24) is 4.90 Å². The summed E-state index contributed by atoms with van der Waals surface area (Å²) >= 11 is 0. The summed E-state index contributed by atoms with van der Waals surface area (Å²) in [5.41, 5.74) is 0. The van der Waals surface area contributed by atoms with Crippen LogP contribution in [0.4, 0.5) is 0 Å². The lowest BCUT2D eigenvalue weighted by Crippen LogP contribution is -2.38. The van der Waals surface area contributed by atoms with Crippen LogP contribution in [0.1, 0.15) is 6.92 Å². The molecule has 0 fully saturated rings. The Balaban J connectivity index is 4.10. The van der Waals surface area contributed by atoms with Crippen LogP contribution in [-0.2, 0) is 14.3 Å². The van der Waals surface area contributed by atoms with Crippen LogP contribution < -0.4 is 0 Å². The Kier molecular flexibility index (Phi) is 6.39. The molecule has 0 heterocycles. The molecule has 0 rings (SSSR count). The Morgan fingerprint density at radius 1 is 1.57 bits per heavy atom. The molecule has 1 N–H and O–H groups in total. The molecule has 5 nitrogen and oxygen atoms in total. The van der Waals surface area contributed by atoms with E-state index in [0.717, 1.165) is 0 Å². The van der Waals surface area contributed by atoms with E-state index in [1.54, 1.807) is 6.92 Å². The van der Waals surface area contributed by atoms with Crippen molar-refractivity contribution < 1.29 is 19.4 Å². The first kappa shape index (κ1) is 12.6. The third-order valence-electron chi connectivity index (χ3n) is 1.46. The van der Waals surface area contributed by atoms with Crippen LogP contribution in [0.25, 0.3) is 0 Å². The highest BCUT2D eigenvalue weighted by Crippen LogP contribution is 1.91. The van der Waals surface area contributed by atoms with Crippen LogP contribution in [0.5, 0.6) is 0 Å². The molecule has 0 aliphatic carbocycles. The molecule has 0 aliphatic heterocycles. The second-order valence-corrected chi connectivity index (χ2v) is 2.59. The largest absolute Gasteiger partial charge is 0.480 e. The zero-order valence-corrected chi connectivity index (χ0v) is 8.23. The summed E-state index contributed by atoms with van der Waals surface area (Å²) in [7, 11) is 0. The van der Waals surface area contributed by atoms with Gasteiger partial charge in [0.1, 0.15) is 13.2 Å². The van der Waals surface area contributed by atoms with Gasteiger partial charge in [0.15, 0.2) is 0 Å². The Hall–Kier alpha value is -1.36. The quantitative estimate of drug-likeness (QED) is 0.594. The predicted octanol–water partition coefficient (Wildman–Crippen LogP) is 0.122. The van der Waals surface area contributed by atoms with Crippen LogP contribution >= 0.6 is 0 Å². The molecule has 0 spiro atoms. The van der Waals surface area contributed by atoms with Crippen molar-refractivity contribution in [2.75, 3.05) is 26.3 Å². The van der Waals surface area contributed by atoms with Gasteiger partial charge in [-0.3, -0.25) is 9.59 Å². The Morgan fingerprint density at radius 2 is 2.21 bits per heavy atom. The van der Waals surface area contributed by atoms with Crippen LogP contribution in [0.2, 0.25) is 0 Å². The third kappa shape index (κ3) is 5.31. The summed E-state index contributed by atoms with van der Waals surface area (Å²) in [6.07, 6.45) is 1.48. The Bertz CT molecular complexity index is 215. The van der Waals surface area contributed by atoms with E-state index < -0.39 is 5.97 Å². The summed E-state index contributed by atoms with van der Waals surface area (Å²) in [6.45, 7) is 5.45. The van der Waals surface area contributed by atoms with Crippen molar-refractivity contribution in [3.63, 3.8) is 0 Å². The van der Waals surface area contributed by atoms with Crippen molar-refractivity contribution >= 4 is 11.9 Å². The normalized spacial score (nSPS) is 9.50. The first-order valence-corrected chi connectivity index (χ1v) is 4.30. The number of carbonyl (C=O) groups is 2. The molecule has 0 atom stereocenters. The predicted molar refractivity (Wildman–Crippen MR) is 50.9 cm³/mol. The van der Waals surface area contributed by atoms with Gasteiger partial charge in [0.25, 0.3) is 0 Å². The molecule has 0 unspecified atom stereocenters. The van der Waals surface area contributed by atoms with Crippen LogP contribution in [0.15, 0.2) is 12.7 Å². The first-order valence-electron chi connectivity index (χ1n) is 4.30. The number of amides is 1. The number of aliphatic carboxylic acids is 1. The van der Waals surface area contributed by atoms with Crippen LogP contribution in [0, 0.1) is 0 Å². The summed E-state index contributed by atoms with van der Waals surface area (Å²) < 4.78 is 4.89. The van der Waals surface area contributed by atoms with Crippen molar-refractivity contribution in [1.29, 1.82) is 0 Å². The van der Waals surface area contributed by atoms with E-state index >= 15 is 0 Å². The lowest BCUT2D eigenvalue weighted by molar-refractivity contribution is -0.145. The maximum Gasteiger partial charge on any atom is 0.323 e. The minimum atomic E-state index is -1.04. The number of rotatable bonds is 7. The molecule has 0 radical (unpaired) electrons. The smallest absolute Gasteiger partial charge is 0.323 e. The molecule has 0 aromatic carbocycles. The molecule has 0 bridgehead atoms. The van der Waals surface area contributed by atoms with Crippen LogP contribution in [-0.4, -0.2) is 48.2 Å². The molecule has 0 aromatic rings. The minimum Gasteiger partial charge on any atom is -0.480 e. The number of hydrogen-bond acceptors (Lipinski definition) is 3. The van der Waals surface area contributed by atoms with Crippen molar-refractivity contribution in [2.45, 2.75) is 6.92 Å². The van der Waals surface area contributed by atoms with Gasteiger partial charge in [0, 0.05) is 13.2 Å². The average Bonchev–Trinajstić information content (AvgIpc) is 2.13. The van der Waals surface area contributed by atoms with E-state index in [2.05, 4.69) is 6.58 Å². The van der Waals surface area contributed by atoms with E-state index in [-0.39, 0.29) is 25.6 Å². The van der Waals surface area contributed by atoms with Gasteiger partial charge in [-0.1, -0.05) is 6.08 Å². The van der Waals surface area contributed by atoms with E-state index in [1.807, 2.05) is 0 Å². The zero-order chi connectivity index (χ0) is 11.0.